The molecule has 7 nitrogen and oxygen atoms in total. The summed E-state index contributed by atoms with van der Waals surface area (Å²) in [4.78, 5) is 31.7. The number of nitrogens with zero attached hydrogens (tertiary/aromatic N) is 5. The Kier molecular flexibility index (Phi) is 5.83. The average Bonchev–Trinajstić information content (AvgIpc) is 3.06. The second kappa shape index (κ2) is 8.72. The smallest absolute Gasteiger partial charge is 0.240 e. The van der Waals surface area contributed by atoms with Crippen LogP contribution in [0, 0.1) is 0 Å². The van der Waals surface area contributed by atoms with E-state index in [1.807, 2.05) is 42.5 Å². The van der Waals surface area contributed by atoms with Crippen molar-refractivity contribution < 1.29 is 4.79 Å². The highest BCUT2D eigenvalue weighted by Gasteiger charge is 2.39. The van der Waals surface area contributed by atoms with E-state index in [1.165, 1.54) is 18.7 Å². The van der Waals surface area contributed by atoms with Crippen molar-refractivity contribution in [2.75, 3.05) is 10.6 Å². The van der Waals surface area contributed by atoms with Gasteiger partial charge in [-0.25, -0.2) is 19.9 Å². The van der Waals surface area contributed by atoms with E-state index in [9.17, 15) is 4.79 Å². The molecule has 2 aromatic heterocycles. The molecule has 0 fully saturated rings. The molecular formula is C24H21ClN6O. The van der Waals surface area contributed by atoms with Crippen LogP contribution in [0.4, 0.5) is 17.3 Å². The second-order valence-corrected chi connectivity index (χ2v) is 7.70. The van der Waals surface area contributed by atoms with E-state index in [0.717, 1.165) is 27.9 Å². The zero-order valence-corrected chi connectivity index (χ0v) is 17.1. The number of halogens is 1. The van der Waals surface area contributed by atoms with Gasteiger partial charge in [0.15, 0.2) is 5.82 Å². The highest BCUT2D eigenvalue weighted by atomic mass is 35.5. The number of rotatable bonds is 4. The predicted molar refractivity (Wildman–Crippen MR) is 126 cm³/mol. The number of aromatic nitrogens is 4. The Bertz CT molecular complexity index is 1260. The van der Waals surface area contributed by atoms with Crippen LogP contribution in [-0.2, 0) is 11.2 Å². The molecule has 0 spiro atoms. The fourth-order valence-electron chi connectivity index (χ4n) is 3.84. The summed E-state index contributed by atoms with van der Waals surface area (Å²) in [6.07, 6.45) is 8.36. The number of amides is 1. The normalized spacial score (nSPS) is 14.7. The minimum atomic E-state index is -0.403. The second-order valence-electron chi connectivity index (χ2n) is 7.26. The van der Waals surface area contributed by atoms with Crippen LogP contribution in [0.2, 0.25) is 5.02 Å². The first-order chi connectivity index (χ1) is 15.1. The molecule has 1 aliphatic rings. The third-order valence-corrected chi connectivity index (χ3v) is 5.50. The van der Waals surface area contributed by atoms with Gasteiger partial charge < -0.3 is 5.73 Å². The van der Waals surface area contributed by atoms with E-state index in [1.54, 1.807) is 17.3 Å². The van der Waals surface area contributed by atoms with Crippen molar-refractivity contribution in [3.8, 4) is 11.1 Å². The summed E-state index contributed by atoms with van der Waals surface area (Å²) in [5, 5.41) is 0.658. The lowest BCUT2D eigenvalue weighted by Gasteiger charge is -2.16. The molecule has 32 heavy (non-hydrogen) atoms. The van der Waals surface area contributed by atoms with Gasteiger partial charge in [-0.15, -0.1) is 0 Å². The van der Waals surface area contributed by atoms with E-state index in [-0.39, 0.29) is 13.3 Å². The first kappa shape index (κ1) is 21.4. The zero-order valence-electron chi connectivity index (χ0n) is 16.3. The van der Waals surface area contributed by atoms with Gasteiger partial charge in [0.1, 0.15) is 12.1 Å². The molecule has 0 aliphatic carbocycles. The quantitative estimate of drug-likeness (QED) is 0.485. The van der Waals surface area contributed by atoms with Crippen LogP contribution in [0.3, 0.4) is 0 Å². The molecule has 4 aromatic rings. The number of carbonyl (C=O) groups excluding carboxylic acids is 1. The lowest BCUT2D eigenvalue weighted by molar-refractivity contribution is -0.118. The third kappa shape index (κ3) is 3.90. The molecule has 3 heterocycles. The van der Waals surface area contributed by atoms with E-state index in [0.29, 0.717) is 23.1 Å². The van der Waals surface area contributed by atoms with Crippen LogP contribution >= 0.6 is 11.6 Å². The lowest BCUT2D eigenvalue weighted by atomic mass is 9.92. The third-order valence-electron chi connectivity index (χ3n) is 5.26. The number of benzene rings is 2. The number of nitrogen functional groups attached to an aromatic ring is 1. The first-order valence-corrected chi connectivity index (χ1v) is 10.0. The molecule has 0 saturated heterocycles. The summed E-state index contributed by atoms with van der Waals surface area (Å²) >= 11 is 6.19. The summed E-state index contributed by atoms with van der Waals surface area (Å²) in [5.74, 6) is 0.244. The maximum absolute atomic E-state index is 13.5. The van der Waals surface area contributed by atoms with Crippen LogP contribution in [0.1, 0.15) is 24.5 Å². The van der Waals surface area contributed by atoms with Crippen molar-refractivity contribution in [1.29, 1.82) is 0 Å². The number of hydrogen-bond acceptors (Lipinski definition) is 6. The summed E-state index contributed by atoms with van der Waals surface area (Å²) in [5.41, 5.74) is 10.2. The Morgan fingerprint density at radius 3 is 2.47 bits per heavy atom. The monoisotopic (exact) mass is 444 g/mol. The van der Waals surface area contributed by atoms with Gasteiger partial charge in [-0.2, -0.15) is 0 Å². The summed E-state index contributed by atoms with van der Waals surface area (Å²) < 4.78 is 0. The van der Waals surface area contributed by atoms with E-state index in [2.05, 4.69) is 19.9 Å². The number of fused-ring (bicyclic) bond motifs is 1. The maximum Gasteiger partial charge on any atom is 0.240 e. The van der Waals surface area contributed by atoms with Crippen molar-refractivity contribution in [3.05, 3.63) is 89.7 Å². The van der Waals surface area contributed by atoms with E-state index >= 15 is 0 Å². The van der Waals surface area contributed by atoms with Crippen molar-refractivity contribution >= 4 is 34.8 Å². The molecule has 1 amide bonds. The highest BCUT2D eigenvalue weighted by molar-refractivity contribution is 6.30. The van der Waals surface area contributed by atoms with Crippen LogP contribution in [0.15, 0.2) is 73.6 Å². The first-order valence-electron chi connectivity index (χ1n) is 9.65. The van der Waals surface area contributed by atoms with Gasteiger partial charge in [-0.3, -0.25) is 9.69 Å². The molecule has 0 bridgehead atoms. The number of hydrogen-bond donors (Lipinski definition) is 1. The Hall–Kier alpha value is -3.84. The van der Waals surface area contributed by atoms with Crippen molar-refractivity contribution in [2.45, 2.75) is 19.8 Å². The fourth-order valence-corrected chi connectivity index (χ4v) is 4.03. The highest BCUT2D eigenvalue weighted by Crippen LogP contribution is 2.44. The Balaban J connectivity index is 0.00000245. The van der Waals surface area contributed by atoms with Crippen LogP contribution in [0.5, 0.6) is 0 Å². The van der Waals surface area contributed by atoms with Gasteiger partial charge in [-0.05, 0) is 52.9 Å². The molecule has 160 valence electrons. The van der Waals surface area contributed by atoms with Crippen LogP contribution < -0.4 is 10.6 Å². The fraction of sp³-hybridized carbons (Fsp3) is 0.125. The Labute approximate surface area is 191 Å². The minimum Gasteiger partial charge on any atom is -0.382 e. The summed E-state index contributed by atoms with van der Waals surface area (Å²) in [7, 11) is 0. The van der Waals surface area contributed by atoms with Gasteiger partial charge in [0, 0.05) is 17.4 Å². The van der Waals surface area contributed by atoms with Gasteiger partial charge in [0.05, 0.1) is 24.0 Å². The number of anilines is 3. The molecule has 1 atom stereocenters. The van der Waals surface area contributed by atoms with Gasteiger partial charge in [0.2, 0.25) is 5.91 Å². The molecule has 8 heteroatoms. The molecule has 0 radical (unpaired) electrons. The average molecular weight is 445 g/mol. The maximum atomic E-state index is 13.5. The topological polar surface area (TPSA) is 97.9 Å². The van der Waals surface area contributed by atoms with Crippen molar-refractivity contribution in [3.63, 3.8) is 0 Å². The predicted octanol–water partition coefficient (Wildman–Crippen LogP) is 4.81. The zero-order chi connectivity index (χ0) is 21.4. The Morgan fingerprint density at radius 2 is 1.75 bits per heavy atom. The number of nitrogens with two attached hydrogens (primary N) is 1. The van der Waals surface area contributed by atoms with Crippen molar-refractivity contribution in [2.24, 2.45) is 0 Å². The van der Waals surface area contributed by atoms with Gasteiger partial charge >= 0.3 is 0 Å². The summed E-state index contributed by atoms with van der Waals surface area (Å²) in [6, 6.07) is 13.6. The molecule has 1 aliphatic heterocycles. The van der Waals surface area contributed by atoms with Crippen LogP contribution in [-0.4, -0.2) is 25.8 Å². The molecular weight excluding hydrogens is 424 g/mol. The van der Waals surface area contributed by atoms with Crippen LogP contribution in [0.25, 0.3) is 11.1 Å². The molecule has 2 N–H and O–H groups in total. The number of carbonyl (C=O) groups is 1. The summed E-state index contributed by atoms with van der Waals surface area (Å²) in [6.45, 7) is 0. The van der Waals surface area contributed by atoms with Gasteiger partial charge in [0.25, 0.3) is 0 Å². The minimum absolute atomic E-state index is 0. The molecule has 1 unspecified atom stereocenters. The lowest BCUT2D eigenvalue weighted by Crippen LogP contribution is -2.25. The Morgan fingerprint density at radius 1 is 0.969 bits per heavy atom. The van der Waals surface area contributed by atoms with Crippen molar-refractivity contribution in [1.82, 2.24) is 19.9 Å². The molecule has 2 aromatic carbocycles. The molecule has 0 saturated carbocycles. The SMILES string of the molecule is C.Nc1cnc(N2C(=O)C(Cc3cncnc3)c3cc(-c4cccc(Cl)c4)ccc32)cn1. The standard InChI is InChI=1S/C23H17ClN6O.CH4/c24-17-3-1-2-15(7-17)16-4-5-20-18(8-16)19(6-14-9-26-13-27-10-14)23(31)30(20)22-12-28-21(25)11-29-22;/h1-5,7-13,19H,6H2,(H2,25,28);1H4. The largest absolute Gasteiger partial charge is 0.382 e. The molecule has 5 rings (SSSR count). The van der Waals surface area contributed by atoms with Gasteiger partial charge in [-0.1, -0.05) is 37.2 Å². The van der Waals surface area contributed by atoms with E-state index in [4.69, 9.17) is 17.3 Å². The van der Waals surface area contributed by atoms with E-state index < -0.39 is 5.92 Å².